The number of thiophene rings is 1. The second kappa shape index (κ2) is 8.56. The van der Waals surface area contributed by atoms with Crippen LogP contribution in [0.15, 0.2) is 74.3 Å². The zero-order valence-corrected chi connectivity index (χ0v) is 20.1. The maximum absolute atomic E-state index is 13.5. The predicted octanol–water partition coefficient (Wildman–Crippen LogP) is 6.07. The maximum Gasteiger partial charge on any atom is 0.336 e. The number of hydrogen-bond acceptors (Lipinski definition) is 6. The number of rotatable bonds is 5. The number of benzene rings is 2. The molecule has 170 valence electrons. The molecule has 0 bridgehead atoms. The summed E-state index contributed by atoms with van der Waals surface area (Å²) in [6.07, 6.45) is 6.00. The van der Waals surface area contributed by atoms with Crippen molar-refractivity contribution < 1.29 is 4.42 Å². The summed E-state index contributed by atoms with van der Waals surface area (Å²) in [5.41, 5.74) is 2.26. The van der Waals surface area contributed by atoms with E-state index in [4.69, 9.17) is 9.40 Å². The predicted molar refractivity (Wildman–Crippen MR) is 140 cm³/mol. The second-order valence-corrected chi connectivity index (χ2v) is 10.6. The molecule has 0 aliphatic heterocycles. The number of aromatic nitrogens is 2. The first-order valence-corrected chi connectivity index (χ1v) is 13.2. The lowest BCUT2D eigenvalue weighted by atomic mass is 9.97. The molecule has 3 aromatic heterocycles. The van der Waals surface area contributed by atoms with Crippen LogP contribution in [-0.2, 0) is 25.1 Å². The van der Waals surface area contributed by atoms with E-state index >= 15 is 0 Å². The fourth-order valence-electron chi connectivity index (χ4n) is 4.90. The highest BCUT2D eigenvalue weighted by Gasteiger charge is 2.22. The molecule has 0 atom stereocenters. The van der Waals surface area contributed by atoms with Gasteiger partial charge in [0.15, 0.2) is 5.16 Å². The summed E-state index contributed by atoms with van der Waals surface area (Å²) >= 11 is 3.13. The van der Waals surface area contributed by atoms with Gasteiger partial charge in [-0.3, -0.25) is 9.36 Å². The molecule has 1 aliphatic carbocycles. The number of fused-ring (bicyclic) bond motifs is 6. The third kappa shape index (κ3) is 3.51. The molecule has 0 unspecified atom stereocenters. The van der Waals surface area contributed by atoms with Crippen molar-refractivity contribution in [2.75, 3.05) is 0 Å². The van der Waals surface area contributed by atoms with E-state index in [2.05, 4.69) is 6.58 Å². The molecule has 0 spiro atoms. The van der Waals surface area contributed by atoms with Gasteiger partial charge in [-0.2, -0.15) is 0 Å². The molecule has 0 radical (unpaired) electrons. The minimum atomic E-state index is -0.379. The van der Waals surface area contributed by atoms with Crippen LogP contribution in [0.25, 0.3) is 32.0 Å². The molecule has 6 rings (SSSR count). The molecule has 5 nitrogen and oxygen atoms in total. The molecule has 0 amide bonds. The van der Waals surface area contributed by atoms with Crippen molar-refractivity contribution in [2.45, 2.75) is 43.1 Å². The Kier molecular flexibility index (Phi) is 5.38. The van der Waals surface area contributed by atoms with Gasteiger partial charge in [0, 0.05) is 28.6 Å². The maximum atomic E-state index is 13.5. The van der Waals surface area contributed by atoms with Crippen LogP contribution >= 0.6 is 23.1 Å². The molecular formula is C27H22N2O3S2. The Labute approximate surface area is 203 Å². The number of thioether (sulfide) groups is 1. The minimum absolute atomic E-state index is 0.00897. The number of nitrogens with zero attached hydrogens (tertiary/aromatic N) is 2. The molecule has 0 N–H and O–H groups in total. The van der Waals surface area contributed by atoms with Crippen LogP contribution in [0.2, 0.25) is 0 Å². The minimum Gasteiger partial charge on any atom is -0.423 e. The zero-order chi connectivity index (χ0) is 23.2. The van der Waals surface area contributed by atoms with Gasteiger partial charge in [0.05, 0.1) is 5.39 Å². The molecule has 5 aromatic rings. The van der Waals surface area contributed by atoms with Crippen molar-refractivity contribution in [3.8, 4) is 0 Å². The highest BCUT2D eigenvalue weighted by molar-refractivity contribution is 7.98. The molecule has 1 aliphatic rings. The number of aryl methyl sites for hydroxylation is 2. The fraction of sp³-hybridized carbons (Fsp3) is 0.222. The Morgan fingerprint density at radius 1 is 1.12 bits per heavy atom. The third-order valence-corrected chi connectivity index (χ3v) is 8.63. The normalized spacial score (nSPS) is 13.5. The first-order valence-electron chi connectivity index (χ1n) is 11.4. The van der Waals surface area contributed by atoms with E-state index < -0.39 is 0 Å². The average Bonchev–Trinajstić information content (AvgIpc) is 3.22. The lowest BCUT2D eigenvalue weighted by Gasteiger charge is -2.13. The smallest absolute Gasteiger partial charge is 0.336 e. The van der Waals surface area contributed by atoms with Crippen molar-refractivity contribution in [1.82, 2.24) is 9.55 Å². The van der Waals surface area contributed by atoms with Crippen LogP contribution < -0.4 is 11.2 Å². The van der Waals surface area contributed by atoms with E-state index in [1.165, 1.54) is 28.6 Å². The molecule has 0 saturated carbocycles. The lowest BCUT2D eigenvalue weighted by Crippen LogP contribution is -2.23. The van der Waals surface area contributed by atoms with Gasteiger partial charge in [-0.05, 0) is 53.6 Å². The summed E-state index contributed by atoms with van der Waals surface area (Å²) in [6.45, 7) is 4.25. The zero-order valence-electron chi connectivity index (χ0n) is 18.5. The van der Waals surface area contributed by atoms with Gasteiger partial charge in [0.1, 0.15) is 10.4 Å². The van der Waals surface area contributed by atoms with Crippen LogP contribution in [0.4, 0.5) is 0 Å². The van der Waals surface area contributed by atoms with E-state index in [0.717, 1.165) is 51.2 Å². The van der Waals surface area contributed by atoms with Crippen LogP contribution in [-0.4, -0.2) is 9.55 Å². The van der Waals surface area contributed by atoms with Gasteiger partial charge in [-0.25, -0.2) is 9.78 Å². The Hall–Kier alpha value is -3.16. The van der Waals surface area contributed by atoms with Crippen LogP contribution in [0, 0.1) is 0 Å². The average molecular weight is 487 g/mol. The molecule has 3 heterocycles. The van der Waals surface area contributed by atoms with E-state index in [9.17, 15) is 9.59 Å². The van der Waals surface area contributed by atoms with Crippen molar-refractivity contribution in [3.05, 3.63) is 91.9 Å². The summed E-state index contributed by atoms with van der Waals surface area (Å²) in [5, 5.41) is 4.48. The second-order valence-electron chi connectivity index (χ2n) is 8.53. The van der Waals surface area contributed by atoms with Crippen LogP contribution in [0.3, 0.4) is 0 Å². The van der Waals surface area contributed by atoms with Gasteiger partial charge in [-0.15, -0.1) is 17.9 Å². The fourth-order valence-corrected chi connectivity index (χ4v) is 7.19. The highest BCUT2D eigenvalue weighted by atomic mass is 32.2. The SMILES string of the molecule is C=CCn1c(SCc2cc(=O)oc3ccc4ccccc4c23)nc2sc3c(c2c1=O)CCCC3. The Bertz CT molecular complexity index is 1710. The largest absolute Gasteiger partial charge is 0.423 e. The van der Waals surface area contributed by atoms with Gasteiger partial charge in [0.2, 0.25) is 0 Å². The quantitative estimate of drug-likeness (QED) is 0.0991. The molecular weight excluding hydrogens is 464 g/mol. The molecule has 34 heavy (non-hydrogen) atoms. The lowest BCUT2D eigenvalue weighted by molar-refractivity contribution is 0.560. The van der Waals surface area contributed by atoms with E-state index in [1.807, 2.05) is 36.4 Å². The van der Waals surface area contributed by atoms with Gasteiger partial charge < -0.3 is 4.42 Å². The highest BCUT2D eigenvalue weighted by Crippen LogP contribution is 2.36. The Morgan fingerprint density at radius 2 is 1.97 bits per heavy atom. The van der Waals surface area contributed by atoms with Gasteiger partial charge in [0.25, 0.3) is 5.56 Å². The summed E-state index contributed by atoms with van der Waals surface area (Å²) in [6, 6.07) is 13.4. The third-order valence-electron chi connectivity index (χ3n) is 6.42. The van der Waals surface area contributed by atoms with Crippen molar-refractivity contribution in [3.63, 3.8) is 0 Å². The summed E-state index contributed by atoms with van der Waals surface area (Å²) in [7, 11) is 0. The summed E-state index contributed by atoms with van der Waals surface area (Å²) in [4.78, 5) is 32.9. The molecule has 7 heteroatoms. The topological polar surface area (TPSA) is 65.1 Å². The number of allylic oxidation sites excluding steroid dienone is 1. The Morgan fingerprint density at radius 3 is 2.85 bits per heavy atom. The van der Waals surface area contributed by atoms with E-state index in [0.29, 0.717) is 23.0 Å². The first-order chi connectivity index (χ1) is 16.6. The Balaban J connectivity index is 1.48. The first kappa shape index (κ1) is 21.4. The molecule has 2 aromatic carbocycles. The van der Waals surface area contributed by atoms with Gasteiger partial charge in [-0.1, -0.05) is 48.2 Å². The van der Waals surface area contributed by atoms with Gasteiger partial charge >= 0.3 is 5.63 Å². The van der Waals surface area contributed by atoms with Crippen molar-refractivity contribution >= 4 is 55.1 Å². The number of hydrogen-bond donors (Lipinski definition) is 0. The van der Waals surface area contributed by atoms with E-state index in [1.54, 1.807) is 28.0 Å². The van der Waals surface area contributed by atoms with E-state index in [-0.39, 0.29) is 11.2 Å². The molecule has 0 fully saturated rings. The standard InChI is InChI=1S/C27H22N2O3S2/c1-2-13-29-26(31)24-19-9-5-6-10-21(19)34-25(24)28-27(29)33-15-17-14-22(30)32-20-12-11-16-7-3-4-8-18(16)23(17)20/h2-4,7-8,11-12,14H,1,5-6,9-10,13,15H2. The van der Waals surface area contributed by atoms with Crippen LogP contribution in [0.5, 0.6) is 0 Å². The monoisotopic (exact) mass is 486 g/mol. The molecule has 0 saturated heterocycles. The summed E-state index contributed by atoms with van der Waals surface area (Å²) in [5.74, 6) is 0.496. The summed E-state index contributed by atoms with van der Waals surface area (Å²) < 4.78 is 7.22. The van der Waals surface area contributed by atoms with Crippen molar-refractivity contribution in [1.29, 1.82) is 0 Å². The van der Waals surface area contributed by atoms with Crippen molar-refractivity contribution in [2.24, 2.45) is 0 Å². The van der Waals surface area contributed by atoms with Crippen LogP contribution in [0.1, 0.15) is 28.8 Å².